The molecule has 0 saturated carbocycles. The summed E-state index contributed by atoms with van der Waals surface area (Å²) in [5.41, 5.74) is 2.01. The normalized spacial score (nSPS) is 10.2. The number of hydrogen-bond donors (Lipinski definition) is 1. The first-order valence-electron chi connectivity index (χ1n) is 6.42. The van der Waals surface area contributed by atoms with E-state index in [1.54, 1.807) is 0 Å². The molecule has 0 heterocycles. The van der Waals surface area contributed by atoms with E-state index in [1.165, 1.54) is 12.1 Å². The minimum Gasteiger partial charge on any atom is -0.379 e. The fraction of sp³-hybridized carbons (Fsp3) is 0.200. The maximum absolute atomic E-state index is 13.3. The average Bonchev–Trinajstić information content (AvgIpc) is 2.45. The molecule has 0 saturated heterocycles. The van der Waals surface area contributed by atoms with E-state index in [2.05, 4.69) is 5.32 Å². The van der Waals surface area contributed by atoms with Crippen molar-refractivity contribution >= 4 is 17.1 Å². The number of nitrogens with one attached hydrogen (secondary N) is 1. The Kier molecular flexibility index (Phi) is 4.37. The highest BCUT2D eigenvalue weighted by Gasteiger charge is 2.14. The molecule has 0 aliphatic carbocycles. The quantitative estimate of drug-likeness (QED) is 0.677. The van der Waals surface area contributed by atoms with Crippen molar-refractivity contribution in [2.24, 2.45) is 0 Å². The summed E-state index contributed by atoms with van der Waals surface area (Å²) < 4.78 is 13.3. The first kappa shape index (κ1) is 14.8. The minimum absolute atomic E-state index is 0.0914. The largest absolute Gasteiger partial charge is 0.379 e. The fourth-order valence-corrected chi connectivity index (χ4v) is 2.08. The molecule has 2 aromatic carbocycles. The number of rotatable bonds is 5. The van der Waals surface area contributed by atoms with E-state index in [0.29, 0.717) is 5.56 Å². The Balaban J connectivity index is 2.25. The number of nitro groups is 1. The van der Waals surface area contributed by atoms with Crippen LogP contribution in [-0.2, 0) is 6.54 Å². The topological polar surface area (TPSA) is 58.4 Å². The third-order valence-corrected chi connectivity index (χ3v) is 3.09. The van der Waals surface area contributed by atoms with Crippen molar-refractivity contribution in [2.45, 2.75) is 6.54 Å². The third-order valence-electron chi connectivity index (χ3n) is 3.09. The Bertz CT molecular complexity index is 659. The average molecular weight is 289 g/mol. The van der Waals surface area contributed by atoms with Crippen LogP contribution in [0.1, 0.15) is 5.56 Å². The van der Waals surface area contributed by atoms with E-state index < -0.39 is 10.7 Å². The van der Waals surface area contributed by atoms with Crippen molar-refractivity contribution in [3.63, 3.8) is 0 Å². The van der Waals surface area contributed by atoms with Gasteiger partial charge in [0.15, 0.2) is 0 Å². The van der Waals surface area contributed by atoms with Crippen LogP contribution in [0.3, 0.4) is 0 Å². The third kappa shape index (κ3) is 3.47. The van der Waals surface area contributed by atoms with Gasteiger partial charge in [-0.3, -0.25) is 10.1 Å². The maximum atomic E-state index is 13.3. The Hall–Kier alpha value is -2.63. The number of halogens is 1. The minimum atomic E-state index is -0.506. The van der Waals surface area contributed by atoms with Crippen LogP contribution in [0.4, 0.5) is 21.5 Å². The van der Waals surface area contributed by atoms with E-state index in [9.17, 15) is 14.5 Å². The number of nitro benzene ring substituents is 1. The van der Waals surface area contributed by atoms with Gasteiger partial charge >= 0.3 is 0 Å². The molecule has 0 atom stereocenters. The molecule has 0 aliphatic rings. The van der Waals surface area contributed by atoms with Crippen molar-refractivity contribution < 1.29 is 9.31 Å². The van der Waals surface area contributed by atoms with Gasteiger partial charge < -0.3 is 10.2 Å². The fourth-order valence-electron chi connectivity index (χ4n) is 2.08. The monoisotopic (exact) mass is 289 g/mol. The van der Waals surface area contributed by atoms with E-state index in [1.807, 2.05) is 43.3 Å². The van der Waals surface area contributed by atoms with Crippen molar-refractivity contribution in [1.29, 1.82) is 0 Å². The van der Waals surface area contributed by atoms with E-state index in [-0.39, 0.29) is 12.2 Å². The summed E-state index contributed by atoms with van der Waals surface area (Å²) in [6, 6.07) is 11.0. The zero-order chi connectivity index (χ0) is 15.4. The number of benzene rings is 2. The van der Waals surface area contributed by atoms with Crippen LogP contribution in [0, 0.1) is 15.9 Å². The predicted octanol–water partition coefficient (Wildman–Crippen LogP) is 3.41. The van der Waals surface area contributed by atoms with Gasteiger partial charge in [0.25, 0.3) is 5.69 Å². The molecule has 2 rings (SSSR count). The van der Waals surface area contributed by atoms with Gasteiger partial charge in [0, 0.05) is 26.7 Å². The second-order valence-electron chi connectivity index (χ2n) is 4.80. The first-order valence-corrected chi connectivity index (χ1v) is 6.42. The van der Waals surface area contributed by atoms with Gasteiger partial charge in [-0.1, -0.05) is 12.1 Å². The van der Waals surface area contributed by atoms with Crippen molar-refractivity contribution in [2.75, 3.05) is 24.3 Å². The molecule has 0 aromatic heterocycles. The lowest BCUT2D eigenvalue weighted by atomic mass is 10.1. The molecular formula is C15H16FN3O2. The lowest BCUT2D eigenvalue weighted by Gasteiger charge is -2.18. The smallest absolute Gasteiger partial charge is 0.274 e. The van der Waals surface area contributed by atoms with Crippen LogP contribution in [0.5, 0.6) is 0 Å². The Morgan fingerprint density at radius 1 is 1.24 bits per heavy atom. The summed E-state index contributed by atoms with van der Waals surface area (Å²) in [5.74, 6) is -0.488. The van der Waals surface area contributed by atoms with Crippen LogP contribution in [0.15, 0.2) is 42.5 Å². The Morgan fingerprint density at radius 2 is 1.95 bits per heavy atom. The summed E-state index contributed by atoms with van der Waals surface area (Å²) in [6.45, 7) is 0.179. The summed E-state index contributed by atoms with van der Waals surface area (Å²) in [7, 11) is 3.82. The molecule has 2 aromatic rings. The lowest BCUT2D eigenvalue weighted by Crippen LogP contribution is -2.12. The van der Waals surface area contributed by atoms with Gasteiger partial charge in [-0.15, -0.1) is 0 Å². The highest BCUT2D eigenvalue weighted by atomic mass is 19.1. The number of para-hydroxylation sites is 2. The Labute approximate surface area is 122 Å². The van der Waals surface area contributed by atoms with E-state index >= 15 is 0 Å². The number of anilines is 2. The van der Waals surface area contributed by atoms with Gasteiger partial charge in [-0.2, -0.15) is 0 Å². The molecule has 0 fully saturated rings. The molecule has 0 radical (unpaired) electrons. The van der Waals surface area contributed by atoms with Crippen LogP contribution in [0.25, 0.3) is 0 Å². The van der Waals surface area contributed by atoms with Gasteiger partial charge in [-0.25, -0.2) is 4.39 Å². The van der Waals surface area contributed by atoms with Crippen LogP contribution >= 0.6 is 0 Å². The summed E-state index contributed by atoms with van der Waals surface area (Å²) in [5, 5.41) is 14.1. The number of hydrogen-bond acceptors (Lipinski definition) is 4. The molecule has 0 bridgehead atoms. The van der Waals surface area contributed by atoms with Crippen LogP contribution in [0.2, 0.25) is 0 Å². The molecule has 21 heavy (non-hydrogen) atoms. The molecule has 5 nitrogen and oxygen atoms in total. The van der Waals surface area contributed by atoms with Crippen LogP contribution < -0.4 is 10.2 Å². The summed E-state index contributed by atoms with van der Waals surface area (Å²) in [6.07, 6.45) is 0. The standard InChI is InChI=1S/C15H16FN3O2/c1-18(2)15-6-4-3-5-13(15)17-10-11-9-12(16)7-8-14(11)19(20)21/h3-9,17H,10H2,1-2H3. The summed E-state index contributed by atoms with van der Waals surface area (Å²) >= 11 is 0. The van der Waals surface area contributed by atoms with Gasteiger partial charge in [0.2, 0.25) is 0 Å². The molecule has 0 spiro atoms. The highest BCUT2D eigenvalue weighted by molar-refractivity contribution is 5.69. The molecule has 0 unspecified atom stereocenters. The first-order chi connectivity index (χ1) is 9.99. The molecule has 0 aliphatic heterocycles. The molecule has 1 N–H and O–H groups in total. The molecule has 110 valence electrons. The second-order valence-corrected chi connectivity index (χ2v) is 4.80. The van der Waals surface area contributed by atoms with Gasteiger partial charge in [-0.05, 0) is 24.3 Å². The van der Waals surface area contributed by atoms with Gasteiger partial charge in [0.1, 0.15) is 5.82 Å². The lowest BCUT2D eigenvalue weighted by molar-refractivity contribution is -0.385. The molecular weight excluding hydrogens is 273 g/mol. The zero-order valence-corrected chi connectivity index (χ0v) is 11.8. The van der Waals surface area contributed by atoms with E-state index in [0.717, 1.165) is 17.4 Å². The van der Waals surface area contributed by atoms with Gasteiger partial charge in [0.05, 0.1) is 21.9 Å². The summed E-state index contributed by atoms with van der Waals surface area (Å²) in [4.78, 5) is 12.4. The molecule has 6 heteroatoms. The maximum Gasteiger partial charge on any atom is 0.274 e. The van der Waals surface area contributed by atoms with Crippen molar-refractivity contribution in [1.82, 2.24) is 0 Å². The van der Waals surface area contributed by atoms with Crippen LogP contribution in [-0.4, -0.2) is 19.0 Å². The number of nitrogens with zero attached hydrogens (tertiary/aromatic N) is 2. The second kappa shape index (κ2) is 6.21. The highest BCUT2D eigenvalue weighted by Crippen LogP contribution is 2.26. The van der Waals surface area contributed by atoms with Crippen molar-refractivity contribution in [3.05, 3.63) is 64.0 Å². The van der Waals surface area contributed by atoms with E-state index in [4.69, 9.17) is 0 Å². The van der Waals surface area contributed by atoms with Crippen molar-refractivity contribution in [3.8, 4) is 0 Å². The Morgan fingerprint density at radius 3 is 2.62 bits per heavy atom. The predicted molar refractivity (Wildman–Crippen MR) is 81.2 cm³/mol. The zero-order valence-electron chi connectivity index (χ0n) is 11.8. The molecule has 0 amide bonds. The SMILES string of the molecule is CN(C)c1ccccc1NCc1cc(F)ccc1[N+](=O)[O-].